The van der Waals surface area contributed by atoms with Crippen LogP contribution in [0.4, 0.5) is 13.2 Å². The van der Waals surface area contributed by atoms with Crippen molar-refractivity contribution in [2.45, 2.75) is 12.4 Å². The molecule has 0 amide bonds. The topological polar surface area (TPSA) is 119 Å². The Balaban J connectivity index is 2.27. The molecule has 0 spiro atoms. The predicted molar refractivity (Wildman–Crippen MR) is 105 cm³/mol. The molecular formula is C20H12F3N3O5S. The summed E-state index contributed by atoms with van der Waals surface area (Å²) in [5, 5.41) is 9.59. The van der Waals surface area contributed by atoms with Gasteiger partial charge in [-0.25, -0.2) is 4.98 Å². The van der Waals surface area contributed by atoms with Gasteiger partial charge in [0.05, 0.1) is 5.69 Å². The minimum absolute atomic E-state index is 0.00990. The first-order valence-corrected chi connectivity index (χ1v) is 10.1. The van der Waals surface area contributed by atoms with Gasteiger partial charge in [-0.05, 0) is 35.9 Å². The summed E-state index contributed by atoms with van der Waals surface area (Å²) in [6, 6.07) is 11.7. The highest BCUT2D eigenvalue weighted by Crippen LogP contribution is 2.36. The van der Waals surface area contributed by atoms with Crippen molar-refractivity contribution in [1.82, 2.24) is 9.97 Å². The lowest BCUT2D eigenvalue weighted by Crippen LogP contribution is -2.28. The first-order valence-electron chi connectivity index (χ1n) is 8.67. The zero-order valence-electron chi connectivity index (χ0n) is 16.1. The number of esters is 1. The van der Waals surface area contributed by atoms with Crippen LogP contribution in [0.3, 0.4) is 0 Å². The third-order valence-corrected chi connectivity index (χ3v) is 4.90. The van der Waals surface area contributed by atoms with E-state index in [0.717, 1.165) is 0 Å². The van der Waals surface area contributed by atoms with Crippen LogP contribution in [0.2, 0.25) is 0 Å². The average Bonchev–Trinajstić information content (AvgIpc) is 2.72. The monoisotopic (exact) mass is 463 g/mol. The molecule has 1 aromatic carbocycles. The minimum atomic E-state index is -6.10. The summed E-state index contributed by atoms with van der Waals surface area (Å²) < 4.78 is 71.1. The summed E-state index contributed by atoms with van der Waals surface area (Å²) in [5.74, 6) is -1.56. The highest BCUT2D eigenvalue weighted by atomic mass is 32.2. The number of ether oxygens (including phenoxy) is 1. The van der Waals surface area contributed by atoms with Crippen molar-refractivity contribution in [2.75, 3.05) is 0 Å². The van der Waals surface area contributed by atoms with Gasteiger partial charge in [-0.1, -0.05) is 12.1 Å². The van der Waals surface area contributed by atoms with Crippen LogP contribution in [0.15, 0.2) is 54.9 Å². The van der Waals surface area contributed by atoms with Crippen LogP contribution >= 0.6 is 0 Å². The van der Waals surface area contributed by atoms with Gasteiger partial charge in [0.15, 0.2) is 0 Å². The van der Waals surface area contributed by atoms with E-state index in [1.165, 1.54) is 61.8 Å². The number of alkyl halides is 3. The summed E-state index contributed by atoms with van der Waals surface area (Å²) >= 11 is 0. The molecule has 2 aromatic heterocycles. The van der Waals surface area contributed by atoms with Crippen LogP contribution in [0.25, 0.3) is 22.4 Å². The SMILES string of the molecule is CC(=O)Oc1cccc(-c2cc(-c3ccncc3)nc(OS(=O)(=O)C(F)(F)F)c2C#N)c1. The maximum atomic E-state index is 12.9. The summed E-state index contributed by atoms with van der Waals surface area (Å²) in [7, 11) is -6.10. The van der Waals surface area contributed by atoms with Gasteiger partial charge in [0.1, 0.15) is 17.4 Å². The minimum Gasteiger partial charge on any atom is -0.427 e. The Morgan fingerprint density at radius 1 is 1.09 bits per heavy atom. The Labute approximate surface area is 180 Å². The molecular weight excluding hydrogens is 451 g/mol. The second-order valence-corrected chi connectivity index (χ2v) is 7.73. The Bertz CT molecular complexity index is 1320. The number of carbonyl (C=O) groups is 1. The Morgan fingerprint density at radius 2 is 1.78 bits per heavy atom. The molecule has 0 bridgehead atoms. The van der Waals surface area contributed by atoms with Crippen molar-refractivity contribution in [3.63, 3.8) is 0 Å². The van der Waals surface area contributed by atoms with E-state index in [0.29, 0.717) is 5.56 Å². The van der Waals surface area contributed by atoms with E-state index < -0.39 is 33.0 Å². The zero-order valence-corrected chi connectivity index (χ0v) is 16.9. The van der Waals surface area contributed by atoms with Gasteiger partial charge < -0.3 is 8.92 Å². The van der Waals surface area contributed by atoms with Gasteiger partial charge >= 0.3 is 21.6 Å². The molecule has 0 radical (unpaired) electrons. The van der Waals surface area contributed by atoms with Crippen molar-refractivity contribution in [3.8, 4) is 40.1 Å². The van der Waals surface area contributed by atoms with E-state index in [1.54, 1.807) is 6.07 Å². The molecule has 3 rings (SSSR count). The van der Waals surface area contributed by atoms with Crippen LogP contribution in [0, 0.1) is 11.3 Å². The number of pyridine rings is 2. The molecule has 0 aliphatic heterocycles. The number of nitrogens with zero attached hydrogens (tertiary/aromatic N) is 3. The normalized spacial score (nSPS) is 11.5. The molecule has 0 aliphatic rings. The highest BCUT2D eigenvalue weighted by molar-refractivity contribution is 7.88. The second-order valence-electron chi connectivity index (χ2n) is 6.19. The lowest BCUT2D eigenvalue weighted by atomic mass is 9.99. The first-order chi connectivity index (χ1) is 15.0. The summed E-state index contributed by atoms with van der Waals surface area (Å²) in [6.45, 7) is 1.18. The van der Waals surface area contributed by atoms with Crippen LogP contribution in [0.5, 0.6) is 11.6 Å². The lowest BCUT2D eigenvalue weighted by molar-refractivity contribution is -0.131. The third-order valence-electron chi connectivity index (χ3n) is 3.95. The van der Waals surface area contributed by atoms with E-state index in [1.807, 2.05) is 0 Å². The maximum absolute atomic E-state index is 12.9. The Hall–Kier alpha value is -3.98. The largest absolute Gasteiger partial charge is 0.534 e. The molecule has 0 saturated heterocycles. The van der Waals surface area contributed by atoms with E-state index in [4.69, 9.17) is 4.74 Å². The van der Waals surface area contributed by atoms with Gasteiger partial charge in [0.25, 0.3) is 5.88 Å². The number of halogens is 3. The maximum Gasteiger partial charge on any atom is 0.534 e. The molecule has 0 saturated carbocycles. The summed E-state index contributed by atoms with van der Waals surface area (Å²) in [6.07, 6.45) is 2.78. The molecule has 0 unspecified atom stereocenters. The molecule has 0 atom stereocenters. The fourth-order valence-electron chi connectivity index (χ4n) is 2.63. The van der Waals surface area contributed by atoms with Crippen molar-refractivity contribution in [2.24, 2.45) is 0 Å². The smallest absolute Gasteiger partial charge is 0.427 e. The highest BCUT2D eigenvalue weighted by Gasteiger charge is 2.49. The standard InChI is InChI=1S/C20H12F3N3O5S/c1-12(27)30-15-4-2-3-14(9-15)16-10-18(13-5-7-25-8-6-13)26-19(17(16)11-24)31-32(28,29)20(21,22)23/h2-10H,1H3. The van der Waals surface area contributed by atoms with Crippen molar-refractivity contribution in [3.05, 3.63) is 60.4 Å². The lowest BCUT2D eigenvalue weighted by Gasteiger charge is -2.14. The Kier molecular flexibility index (Phi) is 6.13. The predicted octanol–water partition coefficient (Wildman–Crippen LogP) is 3.84. The second kappa shape index (κ2) is 8.64. The van der Waals surface area contributed by atoms with Gasteiger partial charge in [-0.15, -0.1) is 0 Å². The number of hydrogen-bond donors (Lipinski definition) is 0. The van der Waals surface area contributed by atoms with Crippen LogP contribution in [0.1, 0.15) is 12.5 Å². The number of benzene rings is 1. The van der Waals surface area contributed by atoms with Gasteiger partial charge in [-0.2, -0.15) is 26.9 Å². The quantitative estimate of drug-likeness (QED) is 0.242. The molecule has 3 aromatic rings. The van der Waals surface area contributed by atoms with Crippen LogP contribution in [-0.2, 0) is 14.9 Å². The first kappa shape index (κ1) is 22.7. The van der Waals surface area contributed by atoms with Gasteiger partial charge in [-0.3, -0.25) is 9.78 Å². The number of rotatable bonds is 5. The molecule has 2 heterocycles. The molecule has 0 N–H and O–H groups in total. The Morgan fingerprint density at radius 3 is 2.38 bits per heavy atom. The number of aromatic nitrogens is 2. The number of nitriles is 1. The van der Waals surface area contributed by atoms with E-state index in [-0.39, 0.29) is 22.6 Å². The molecule has 32 heavy (non-hydrogen) atoms. The number of hydrogen-bond acceptors (Lipinski definition) is 8. The van der Waals surface area contributed by atoms with E-state index >= 15 is 0 Å². The molecule has 0 aliphatic carbocycles. The summed E-state index contributed by atoms with van der Waals surface area (Å²) in [4.78, 5) is 18.9. The molecule has 0 fully saturated rings. The average molecular weight is 463 g/mol. The molecule has 12 heteroatoms. The van der Waals surface area contributed by atoms with Gasteiger partial charge in [0.2, 0.25) is 0 Å². The van der Waals surface area contributed by atoms with Crippen LogP contribution in [-0.4, -0.2) is 29.9 Å². The van der Waals surface area contributed by atoms with Gasteiger partial charge in [0, 0.05) is 30.4 Å². The third kappa shape index (κ3) is 4.84. The fraction of sp³-hybridized carbons (Fsp3) is 0.100. The van der Waals surface area contributed by atoms with E-state index in [2.05, 4.69) is 14.2 Å². The van der Waals surface area contributed by atoms with Crippen molar-refractivity contribution >= 4 is 16.1 Å². The number of carbonyl (C=O) groups excluding carboxylic acids is 1. The van der Waals surface area contributed by atoms with Crippen molar-refractivity contribution < 1.29 is 35.3 Å². The summed E-state index contributed by atoms with van der Waals surface area (Å²) in [5.41, 5.74) is -5.65. The van der Waals surface area contributed by atoms with Crippen LogP contribution < -0.4 is 8.92 Å². The molecule has 8 nitrogen and oxygen atoms in total. The fourth-order valence-corrected chi connectivity index (χ4v) is 3.06. The molecule has 164 valence electrons. The zero-order chi connectivity index (χ0) is 23.5. The van der Waals surface area contributed by atoms with Crippen molar-refractivity contribution in [1.29, 1.82) is 5.26 Å². The van der Waals surface area contributed by atoms with E-state index in [9.17, 15) is 31.6 Å².